The van der Waals surface area contributed by atoms with Crippen LogP contribution in [0.25, 0.3) is 0 Å². The SMILES string of the molecule is O=C(O)CCC(=O)NC(=O)N1CCc2ccccc2CC1. The molecule has 0 bridgehead atoms. The van der Waals surface area contributed by atoms with Crippen LogP contribution in [0.1, 0.15) is 24.0 Å². The molecule has 1 aliphatic rings. The molecule has 1 aromatic rings. The lowest BCUT2D eigenvalue weighted by Gasteiger charge is -2.20. The monoisotopic (exact) mass is 290 g/mol. The average molecular weight is 290 g/mol. The van der Waals surface area contributed by atoms with E-state index in [-0.39, 0.29) is 12.8 Å². The second kappa shape index (κ2) is 6.88. The number of nitrogens with one attached hydrogen (secondary N) is 1. The van der Waals surface area contributed by atoms with Crippen molar-refractivity contribution in [1.29, 1.82) is 0 Å². The minimum atomic E-state index is -1.05. The molecule has 0 saturated carbocycles. The maximum Gasteiger partial charge on any atom is 0.324 e. The Bertz CT molecular complexity index is 529. The third-order valence-electron chi connectivity index (χ3n) is 3.52. The standard InChI is InChI=1S/C15H18N2O4/c18-13(5-6-14(19)20)16-15(21)17-9-7-11-3-1-2-4-12(11)8-10-17/h1-4H,5-10H2,(H,19,20)(H,16,18,21). The Kier molecular flexibility index (Phi) is 4.92. The van der Waals surface area contributed by atoms with E-state index in [4.69, 9.17) is 5.11 Å². The summed E-state index contributed by atoms with van der Waals surface area (Å²) in [5, 5.41) is 10.8. The molecule has 2 rings (SSSR count). The zero-order chi connectivity index (χ0) is 15.2. The Morgan fingerprint density at radius 3 is 2.14 bits per heavy atom. The molecule has 0 atom stereocenters. The van der Waals surface area contributed by atoms with Gasteiger partial charge in [0.1, 0.15) is 0 Å². The largest absolute Gasteiger partial charge is 0.481 e. The summed E-state index contributed by atoms with van der Waals surface area (Å²) >= 11 is 0. The highest BCUT2D eigenvalue weighted by Gasteiger charge is 2.19. The van der Waals surface area contributed by atoms with E-state index in [1.807, 2.05) is 12.1 Å². The Balaban J connectivity index is 1.87. The van der Waals surface area contributed by atoms with E-state index in [0.717, 1.165) is 12.8 Å². The van der Waals surface area contributed by atoms with Crippen LogP contribution in [0.5, 0.6) is 0 Å². The predicted octanol–water partition coefficient (Wildman–Crippen LogP) is 1.19. The number of rotatable bonds is 3. The summed E-state index contributed by atoms with van der Waals surface area (Å²) in [5.41, 5.74) is 2.45. The fourth-order valence-electron chi connectivity index (χ4n) is 2.35. The van der Waals surface area contributed by atoms with Crippen LogP contribution in [0.4, 0.5) is 4.79 Å². The minimum Gasteiger partial charge on any atom is -0.481 e. The Morgan fingerprint density at radius 1 is 1.05 bits per heavy atom. The number of hydrogen-bond donors (Lipinski definition) is 2. The molecule has 1 aliphatic heterocycles. The molecule has 0 aliphatic carbocycles. The van der Waals surface area contributed by atoms with Gasteiger partial charge >= 0.3 is 12.0 Å². The first kappa shape index (κ1) is 15.0. The van der Waals surface area contributed by atoms with Crippen molar-refractivity contribution in [3.05, 3.63) is 35.4 Å². The number of hydrogen-bond acceptors (Lipinski definition) is 3. The van der Waals surface area contributed by atoms with Crippen molar-refractivity contribution in [2.24, 2.45) is 0 Å². The molecular formula is C15H18N2O4. The van der Waals surface area contributed by atoms with Gasteiger partial charge in [-0.3, -0.25) is 14.9 Å². The number of carbonyl (C=O) groups excluding carboxylic acids is 2. The van der Waals surface area contributed by atoms with Gasteiger partial charge in [-0.2, -0.15) is 0 Å². The van der Waals surface area contributed by atoms with Gasteiger partial charge in [0, 0.05) is 19.5 Å². The summed E-state index contributed by atoms with van der Waals surface area (Å²) in [6.07, 6.45) is 1.06. The zero-order valence-electron chi connectivity index (χ0n) is 11.7. The summed E-state index contributed by atoms with van der Waals surface area (Å²) in [4.78, 5) is 35.5. The highest BCUT2D eigenvalue weighted by atomic mass is 16.4. The van der Waals surface area contributed by atoms with E-state index in [1.54, 1.807) is 4.90 Å². The van der Waals surface area contributed by atoms with E-state index in [2.05, 4.69) is 17.4 Å². The summed E-state index contributed by atoms with van der Waals surface area (Å²) in [6, 6.07) is 7.61. The van der Waals surface area contributed by atoms with Crippen LogP contribution in [0.15, 0.2) is 24.3 Å². The van der Waals surface area contributed by atoms with E-state index in [0.29, 0.717) is 13.1 Å². The molecule has 2 N–H and O–H groups in total. The average Bonchev–Trinajstić information content (AvgIpc) is 2.67. The van der Waals surface area contributed by atoms with E-state index in [9.17, 15) is 14.4 Å². The van der Waals surface area contributed by atoms with Crippen LogP contribution in [0.2, 0.25) is 0 Å². The fraction of sp³-hybridized carbons (Fsp3) is 0.400. The third kappa shape index (κ3) is 4.30. The van der Waals surface area contributed by atoms with Crippen molar-refractivity contribution in [1.82, 2.24) is 10.2 Å². The topological polar surface area (TPSA) is 86.7 Å². The highest BCUT2D eigenvalue weighted by Crippen LogP contribution is 2.15. The molecule has 3 amide bonds. The number of nitrogens with zero attached hydrogens (tertiary/aromatic N) is 1. The number of benzene rings is 1. The van der Waals surface area contributed by atoms with Gasteiger partial charge in [0.05, 0.1) is 6.42 Å². The van der Waals surface area contributed by atoms with Crippen molar-refractivity contribution < 1.29 is 19.5 Å². The first-order valence-corrected chi connectivity index (χ1v) is 6.93. The van der Waals surface area contributed by atoms with E-state index in [1.165, 1.54) is 11.1 Å². The first-order valence-electron chi connectivity index (χ1n) is 6.93. The number of carboxylic acids is 1. The number of carbonyl (C=O) groups is 3. The summed E-state index contributed by atoms with van der Waals surface area (Å²) in [5.74, 6) is -1.60. The molecule has 0 unspecified atom stereocenters. The Hall–Kier alpha value is -2.37. The number of urea groups is 1. The second-order valence-corrected chi connectivity index (χ2v) is 5.00. The van der Waals surface area contributed by atoms with Gasteiger partial charge in [-0.1, -0.05) is 24.3 Å². The summed E-state index contributed by atoms with van der Waals surface area (Å²) < 4.78 is 0. The smallest absolute Gasteiger partial charge is 0.324 e. The minimum absolute atomic E-state index is 0.185. The lowest BCUT2D eigenvalue weighted by atomic mass is 10.0. The Labute approximate surface area is 122 Å². The van der Waals surface area contributed by atoms with Crippen LogP contribution < -0.4 is 5.32 Å². The molecule has 0 saturated heterocycles. The van der Waals surface area contributed by atoms with Crippen molar-refractivity contribution in [3.63, 3.8) is 0 Å². The number of imide groups is 1. The second-order valence-electron chi connectivity index (χ2n) is 5.00. The maximum atomic E-state index is 12.0. The van der Waals surface area contributed by atoms with Crippen molar-refractivity contribution in [2.45, 2.75) is 25.7 Å². The first-order chi connectivity index (χ1) is 10.1. The maximum absolute atomic E-state index is 12.0. The van der Waals surface area contributed by atoms with Gasteiger partial charge in [-0.25, -0.2) is 4.79 Å². The fourth-order valence-corrected chi connectivity index (χ4v) is 2.35. The quantitative estimate of drug-likeness (QED) is 0.875. The molecule has 1 heterocycles. The molecule has 1 aromatic carbocycles. The van der Waals surface area contributed by atoms with Crippen LogP contribution in [-0.4, -0.2) is 41.0 Å². The number of carboxylic acid groups (broad SMARTS) is 1. The summed E-state index contributed by atoms with van der Waals surface area (Å²) in [6.45, 7) is 1.10. The van der Waals surface area contributed by atoms with E-state index < -0.39 is 17.9 Å². The van der Waals surface area contributed by atoms with Crippen LogP contribution >= 0.6 is 0 Å². The normalized spacial score (nSPS) is 14.0. The molecule has 0 radical (unpaired) electrons. The Morgan fingerprint density at radius 2 is 1.62 bits per heavy atom. The van der Waals surface area contributed by atoms with Gasteiger partial charge < -0.3 is 10.0 Å². The zero-order valence-corrected chi connectivity index (χ0v) is 11.7. The van der Waals surface area contributed by atoms with Crippen LogP contribution in [0.3, 0.4) is 0 Å². The number of aliphatic carboxylic acids is 1. The van der Waals surface area contributed by atoms with Gasteiger partial charge in [0.2, 0.25) is 5.91 Å². The number of amides is 3. The van der Waals surface area contributed by atoms with Gasteiger partial charge in [-0.05, 0) is 24.0 Å². The third-order valence-corrected chi connectivity index (χ3v) is 3.52. The van der Waals surface area contributed by atoms with Crippen LogP contribution in [-0.2, 0) is 22.4 Å². The molecule has 0 aromatic heterocycles. The highest BCUT2D eigenvalue weighted by molar-refractivity contribution is 5.95. The summed E-state index contributed by atoms with van der Waals surface area (Å²) in [7, 11) is 0. The van der Waals surface area contributed by atoms with Gasteiger partial charge in [0.15, 0.2) is 0 Å². The van der Waals surface area contributed by atoms with E-state index >= 15 is 0 Å². The molecular weight excluding hydrogens is 272 g/mol. The molecule has 0 spiro atoms. The van der Waals surface area contributed by atoms with Crippen molar-refractivity contribution in [3.8, 4) is 0 Å². The molecule has 6 heteroatoms. The van der Waals surface area contributed by atoms with Gasteiger partial charge in [0.25, 0.3) is 0 Å². The number of fused-ring (bicyclic) bond motifs is 1. The predicted molar refractivity (Wildman–Crippen MR) is 75.8 cm³/mol. The van der Waals surface area contributed by atoms with Crippen molar-refractivity contribution >= 4 is 17.9 Å². The molecule has 21 heavy (non-hydrogen) atoms. The molecule has 112 valence electrons. The van der Waals surface area contributed by atoms with Gasteiger partial charge in [-0.15, -0.1) is 0 Å². The molecule has 0 fully saturated rings. The van der Waals surface area contributed by atoms with Crippen molar-refractivity contribution in [2.75, 3.05) is 13.1 Å². The molecule has 6 nitrogen and oxygen atoms in total. The lowest BCUT2D eigenvalue weighted by molar-refractivity contribution is -0.138. The lowest BCUT2D eigenvalue weighted by Crippen LogP contribution is -2.44. The van der Waals surface area contributed by atoms with Crippen LogP contribution in [0, 0.1) is 0 Å².